The highest BCUT2D eigenvalue weighted by Gasteiger charge is 2.32. The topological polar surface area (TPSA) is 79.4 Å². The van der Waals surface area contributed by atoms with Crippen molar-refractivity contribution < 1.29 is 13.2 Å². The number of aromatic nitrogens is 1. The fraction of sp³-hybridized carbons (Fsp3) is 0.250. The van der Waals surface area contributed by atoms with Crippen molar-refractivity contribution >= 4 is 27.3 Å². The van der Waals surface area contributed by atoms with Gasteiger partial charge in [0.15, 0.2) is 0 Å². The van der Waals surface area contributed by atoms with Crippen LogP contribution in [0.3, 0.4) is 0 Å². The van der Waals surface area contributed by atoms with Crippen molar-refractivity contribution in [3.63, 3.8) is 0 Å². The minimum atomic E-state index is -3.32. The Morgan fingerprint density at radius 3 is 2.61 bits per heavy atom. The van der Waals surface area contributed by atoms with Gasteiger partial charge in [-0.15, -0.1) is 0 Å². The molecule has 7 heteroatoms. The summed E-state index contributed by atoms with van der Waals surface area (Å²) < 4.78 is 25.2. The highest BCUT2D eigenvalue weighted by molar-refractivity contribution is 7.92. The summed E-state index contributed by atoms with van der Waals surface area (Å²) in [6, 6.07) is 8.37. The number of nitrogens with one attached hydrogen (secondary N) is 1. The summed E-state index contributed by atoms with van der Waals surface area (Å²) in [7, 11) is -3.32. The van der Waals surface area contributed by atoms with Crippen molar-refractivity contribution in [2.75, 3.05) is 15.9 Å². The van der Waals surface area contributed by atoms with E-state index in [0.29, 0.717) is 23.4 Å². The third-order valence-electron chi connectivity index (χ3n) is 3.79. The summed E-state index contributed by atoms with van der Waals surface area (Å²) in [5.74, 6) is -0.232. The van der Waals surface area contributed by atoms with E-state index >= 15 is 0 Å². The first-order valence-electron chi connectivity index (χ1n) is 7.20. The fourth-order valence-electron chi connectivity index (χ4n) is 2.89. The second-order valence-electron chi connectivity index (χ2n) is 5.65. The van der Waals surface area contributed by atoms with Crippen LogP contribution in [0.1, 0.15) is 22.8 Å². The number of carbonyl (C=O) groups is 1. The Morgan fingerprint density at radius 2 is 1.96 bits per heavy atom. The summed E-state index contributed by atoms with van der Waals surface area (Å²) in [5, 5.41) is 2.79. The molecule has 1 aromatic heterocycles. The smallest absolute Gasteiger partial charge is 0.255 e. The first-order valence-corrected chi connectivity index (χ1v) is 9.05. The van der Waals surface area contributed by atoms with Gasteiger partial charge in [-0.3, -0.25) is 14.1 Å². The molecular weight excluding hydrogens is 314 g/mol. The molecule has 3 rings (SSSR count). The number of rotatable bonds is 3. The SMILES string of the molecule is C[C@@H]1Cc2cc(C(=O)Nc3ccncc3)ccc2N1S(C)(=O)=O. The number of carbonyl (C=O) groups excluding carboxylic acids is 1. The van der Waals surface area contributed by atoms with Gasteiger partial charge in [-0.05, 0) is 49.2 Å². The number of amides is 1. The lowest BCUT2D eigenvalue weighted by Crippen LogP contribution is -2.34. The Balaban J connectivity index is 1.88. The second kappa shape index (κ2) is 5.66. The maximum atomic E-state index is 12.3. The lowest BCUT2D eigenvalue weighted by atomic mass is 10.1. The summed E-state index contributed by atoms with van der Waals surface area (Å²) in [5.41, 5.74) is 2.69. The van der Waals surface area contributed by atoms with Gasteiger partial charge in [0.1, 0.15) is 0 Å². The third-order valence-corrected chi connectivity index (χ3v) is 5.06. The van der Waals surface area contributed by atoms with Gasteiger partial charge in [0, 0.05) is 29.7 Å². The first-order chi connectivity index (χ1) is 10.9. The second-order valence-corrected chi connectivity index (χ2v) is 7.50. The van der Waals surface area contributed by atoms with Crippen molar-refractivity contribution in [3.05, 3.63) is 53.9 Å². The zero-order chi connectivity index (χ0) is 16.6. The molecule has 0 saturated carbocycles. The first kappa shape index (κ1) is 15.5. The Kier molecular flexibility index (Phi) is 3.81. The largest absolute Gasteiger partial charge is 0.322 e. The summed E-state index contributed by atoms with van der Waals surface area (Å²) in [4.78, 5) is 16.2. The number of fused-ring (bicyclic) bond motifs is 1. The predicted molar refractivity (Wildman–Crippen MR) is 89.1 cm³/mol. The van der Waals surface area contributed by atoms with Crippen LogP contribution in [0.5, 0.6) is 0 Å². The standard InChI is InChI=1S/C16H17N3O3S/c1-11-9-13-10-12(3-4-15(13)19(11)23(2,21)22)16(20)18-14-5-7-17-8-6-14/h3-8,10-11H,9H2,1-2H3,(H,17,18,20)/t11-/m1/s1. The van der Waals surface area contributed by atoms with Gasteiger partial charge in [-0.2, -0.15) is 0 Å². The summed E-state index contributed by atoms with van der Waals surface area (Å²) in [6.07, 6.45) is 5.00. The molecule has 1 atom stereocenters. The Labute approximate surface area is 135 Å². The zero-order valence-electron chi connectivity index (χ0n) is 12.9. The van der Waals surface area contributed by atoms with Gasteiger partial charge >= 0.3 is 0 Å². The maximum absolute atomic E-state index is 12.3. The van der Waals surface area contributed by atoms with Gasteiger partial charge in [-0.1, -0.05) is 0 Å². The number of nitrogens with zero attached hydrogens (tertiary/aromatic N) is 2. The number of hydrogen-bond donors (Lipinski definition) is 1. The van der Waals surface area contributed by atoms with E-state index in [1.807, 2.05) is 6.92 Å². The van der Waals surface area contributed by atoms with Gasteiger partial charge in [0.25, 0.3) is 5.91 Å². The van der Waals surface area contributed by atoms with Crippen LogP contribution >= 0.6 is 0 Å². The number of benzene rings is 1. The van der Waals surface area contributed by atoms with Crippen LogP contribution in [-0.4, -0.2) is 31.6 Å². The number of sulfonamides is 1. The molecule has 1 amide bonds. The van der Waals surface area contributed by atoms with E-state index in [2.05, 4.69) is 10.3 Å². The molecule has 0 spiro atoms. The van der Waals surface area contributed by atoms with E-state index in [-0.39, 0.29) is 11.9 Å². The number of pyridine rings is 1. The monoisotopic (exact) mass is 331 g/mol. The minimum Gasteiger partial charge on any atom is -0.322 e. The molecule has 0 aliphatic carbocycles. The molecule has 0 bridgehead atoms. The van der Waals surface area contributed by atoms with Gasteiger partial charge < -0.3 is 5.32 Å². The molecule has 2 aromatic rings. The molecular formula is C16H17N3O3S. The maximum Gasteiger partial charge on any atom is 0.255 e. The molecule has 0 radical (unpaired) electrons. The van der Waals surface area contributed by atoms with E-state index in [9.17, 15) is 13.2 Å². The van der Waals surface area contributed by atoms with Crippen molar-refractivity contribution in [2.24, 2.45) is 0 Å². The molecule has 1 aromatic carbocycles. The minimum absolute atomic E-state index is 0.140. The van der Waals surface area contributed by atoms with Gasteiger partial charge in [0.05, 0.1) is 11.9 Å². The molecule has 1 aliphatic heterocycles. The van der Waals surface area contributed by atoms with Crippen molar-refractivity contribution in [2.45, 2.75) is 19.4 Å². The van der Waals surface area contributed by atoms with Crippen LogP contribution in [-0.2, 0) is 16.4 Å². The molecule has 6 nitrogen and oxygen atoms in total. The molecule has 0 saturated heterocycles. The van der Waals surface area contributed by atoms with Crippen LogP contribution in [0.25, 0.3) is 0 Å². The molecule has 2 heterocycles. The zero-order valence-corrected chi connectivity index (χ0v) is 13.7. The number of anilines is 2. The van der Waals surface area contributed by atoms with Gasteiger partial charge in [-0.25, -0.2) is 8.42 Å². The average molecular weight is 331 g/mol. The van der Waals surface area contributed by atoms with Crippen LogP contribution < -0.4 is 9.62 Å². The Bertz CT molecular complexity index is 850. The van der Waals surface area contributed by atoms with Gasteiger partial charge in [0.2, 0.25) is 10.0 Å². The van der Waals surface area contributed by atoms with E-state index in [1.165, 1.54) is 10.6 Å². The fourth-order valence-corrected chi connectivity index (χ4v) is 4.15. The van der Waals surface area contributed by atoms with Crippen LogP contribution in [0.4, 0.5) is 11.4 Å². The Hall–Kier alpha value is -2.41. The molecule has 0 unspecified atom stereocenters. The highest BCUT2D eigenvalue weighted by atomic mass is 32.2. The average Bonchev–Trinajstić information content (AvgIpc) is 2.82. The van der Waals surface area contributed by atoms with E-state index in [1.54, 1.807) is 42.7 Å². The molecule has 1 N–H and O–H groups in total. The molecule has 0 fully saturated rings. The summed E-state index contributed by atoms with van der Waals surface area (Å²) in [6.45, 7) is 1.86. The number of hydrogen-bond acceptors (Lipinski definition) is 4. The summed E-state index contributed by atoms with van der Waals surface area (Å²) >= 11 is 0. The highest BCUT2D eigenvalue weighted by Crippen LogP contribution is 2.34. The van der Waals surface area contributed by atoms with Crippen molar-refractivity contribution in [1.29, 1.82) is 0 Å². The molecule has 1 aliphatic rings. The van der Waals surface area contributed by atoms with Crippen LogP contribution in [0.15, 0.2) is 42.7 Å². The van der Waals surface area contributed by atoms with Crippen LogP contribution in [0, 0.1) is 0 Å². The quantitative estimate of drug-likeness (QED) is 0.933. The van der Waals surface area contributed by atoms with E-state index < -0.39 is 10.0 Å². The third kappa shape index (κ3) is 3.05. The van der Waals surface area contributed by atoms with Crippen molar-refractivity contribution in [3.8, 4) is 0 Å². The van der Waals surface area contributed by atoms with E-state index in [4.69, 9.17) is 0 Å². The lowest BCUT2D eigenvalue weighted by molar-refractivity contribution is 0.102. The predicted octanol–water partition coefficient (Wildman–Crippen LogP) is 2.04. The normalized spacial score (nSPS) is 17.0. The van der Waals surface area contributed by atoms with Crippen molar-refractivity contribution in [1.82, 2.24) is 4.98 Å². The molecule has 120 valence electrons. The Morgan fingerprint density at radius 1 is 1.26 bits per heavy atom. The lowest BCUT2D eigenvalue weighted by Gasteiger charge is -2.21. The van der Waals surface area contributed by atoms with Crippen LogP contribution in [0.2, 0.25) is 0 Å². The molecule has 23 heavy (non-hydrogen) atoms. The van der Waals surface area contributed by atoms with E-state index in [0.717, 1.165) is 5.56 Å².